The normalized spacial score (nSPS) is 10.6. The first-order valence-corrected chi connectivity index (χ1v) is 9.52. The molecule has 1 amide bonds. The molecule has 164 valence electrons. The number of para-hydroxylation sites is 1. The lowest BCUT2D eigenvalue weighted by atomic mass is 10.2. The third-order valence-electron chi connectivity index (χ3n) is 4.48. The predicted octanol–water partition coefficient (Wildman–Crippen LogP) is 3.95. The van der Waals surface area contributed by atoms with Gasteiger partial charge in [0.15, 0.2) is 0 Å². The molecular weight excluding hydrogens is 414 g/mol. The van der Waals surface area contributed by atoms with Gasteiger partial charge in [0.2, 0.25) is 0 Å². The maximum absolute atomic E-state index is 12.5. The van der Waals surface area contributed by atoms with Crippen molar-refractivity contribution in [3.05, 3.63) is 93.5 Å². The minimum atomic E-state index is -0.452. The maximum Gasteiger partial charge on any atom is 0.275 e. The molecule has 0 radical (unpaired) electrons. The molecule has 3 rings (SSSR count). The number of hydrogen-bond acceptors (Lipinski definition) is 7. The highest BCUT2D eigenvalue weighted by molar-refractivity contribution is 5.97. The molecule has 0 unspecified atom stereocenters. The molecule has 3 aromatic rings. The van der Waals surface area contributed by atoms with E-state index in [9.17, 15) is 14.9 Å². The topological polar surface area (TPSA) is 112 Å². The largest absolute Gasteiger partial charge is 0.497 e. The molecule has 0 spiro atoms. The minimum absolute atomic E-state index is 0.0190. The van der Waals surface area contributed by atoms with Crippen LogP contribution < -0.4 is 19.6 Å². The smallest absolute Gasteiger partial charge is 0.275 e. The number of amides is 1. The average Bonchev–Trinajstić information content (AvgIpc) is 2.83. The fourth-order valence-electron chi connectivity index (χ4n) is 2.80. The number of hydrazone groups is 1. The molecule has 9 heteroatoms. The summed E-state index contributed by atoms with van der Waals surface area (Å²) in [7, 11) is 2.99. The van der Waals surface area contributed by atoms with Gasteiger partial charge in [-0.2, -0.15) is 5.10 Å². The number of nitro groups is 1. The van der Waals surface area contributed by atoms with E-state index >= 15 is 0 Å². The Morgan fingerprint density at radius 3 is 2.47 bits per heavy atom. The first-order valence-electron chi connectivity index (χ1n) is 9.52. The molecule has 0 bridgehead atoms. The van der Waals surface area contributed by atoms with Crippen LogP contribution in [-0.4, -0.2) is 31.3 Å². The van der Waals surface area contributed by atoms with Gasteiger partial charge in [-0.3, -0.25) is 14.9 Å². The first-order chi connectivity index (χ1) is 15.5. The molecule has 0 saturated heterocycles. The third kappa shape index (κ3) is 5.60. The lowest BCUT2D eigenvalue weighted by molar-refractivity contribution is -0.384. The standard InChI is InChI=1S/C23H21N3O6/c1-30-19-11-12-20(22(13-19)31-2)23(27)25-24-14-17-5-3-4-6-21(17)32-15-16-7-9-18(10-8-16)26(28)29/h3-14H,15H2,1-2H3,(H,25,27)/b24-14-. The van der Waals surface area contributed by atoms with Gasteiger partial charge in [0.1, 0.15) is 23.9 Å². The molecule has 0 aromatic heterocycles. The second-order valence-corrected chi connectivity index (χ2v) is 6.52. The van der Waals surface area contributed by atoms with Gasteiger partial charge in [-0.15, -0.1) is 0 Å². The Balaban J connectivity index is 1.65. The van der Waals surface area contributed by atoms with Gasteiger partial charge in [-0.05, 0) is 42.0 Å². The summed E-state index contributed by atoms with van der Waals surface area (Å²) in [5.74, 6) is 1.04. The van der Waals surface area contributed by atoms with Crippen molar-refractivity contribution in [3.63, 3.8) is 0 Å². The minimum Gasteiger partial charge on any atom is -0.497 e. The zero-order valence-electron chi connectivity index (χ0n) is 17.5. The number of rotatable bonds is 9. The number of nitrogens with one attached hydrogen (secondary N) is 1. The summed E-state index contributed by atoms with van der Waals surface area (Å²) in [5.41, 5.74) is 4.23. The number of benzene rings is 3. The Kier molecular flexibility index (Phi) is 7.37. The summed E-state index contributed by atoms with van der Waals surface area (Å²) < 4.78 is 16.2. The van der Waals surface area contributed by atoms with Gasteiger partial charge in [-0.25, -0.2) is 5.43 Å². The van der Waals surface area contributed by atoms with Crippen LogP contribution in [0.3, 0.4) is 0 Å². The van der Waals surface area contributed by atoms with E-state index in [-0.39, 0.29) is 12.3 Å². The summed E-state index contributed by atoms with van der Waals surface area (Å²) >= 11 is 0. The molecule has 9 nitrogen and oxygen atoms in total. The number of ether oxygens (including phenoxy) is 3. The van der Waals surface area contributed by atoms with E-state index in [4.69, 9.17) is 14.2 Å². The Labute approximate surface area is 184 Å². The number of non-ortho nitro benzene ring substituents is 1. The highest BCUT2D eigenvalue weighted by Crippen LogP contribution is 2.24. The Morgan fingerprint density at radius 1 is 1.03 bits per heavy atom. The van der Waals surface area contributed by atoms with Crippen molar-refractivity contribution < 1.29 is 23.9 Å². The Bertz CT molecular complexity index is 1130. The number of nitro benzene ring substituents is 1. The van der Waals surface area contributed by atoms with Crippen LogP contribution in [-0.2, 0) is 6.61 Å². The highest BCUT2D eigenvalue weighted by Gasteiger charge is 2.13. The number of methoxy groups -OCH3 is 2. The molecule has 0 heterocycles. The van der Waals surface area contributed by atoms with Crippen molar-refractivity contribution in [1.29, 1.82) is 0 Å². The van der Waals surface area contributed by atoms with Gasteiger partial charge in [0, 0.05) is 23.8 Å². The van der Waals surface area contributed by atoms with Gasteiger partial charge < -0.3 is 14.2 Å². The molecule has 3 aromatic carbocycles. The van der Waals surface area contributed by atoms with E-state index in [2.05, 4.69) is 10.5 Å². The Morgan fingerprint density at radius 2 is 1.78 bits per heavy atom. The number of carbonyl (C=O) groups is 1. The fourth-order valence-corrected chi connectivity index (χ4v) is 2.80. The highest BCUT2D eigenvalue weighted by atomic mass is 16.6. The van der Waals surface area contributed by atoms with E-state index in [1.54, 1.807) is 42.5 Å². The molecule has 0 aliphatic heterocycles. The summed E-state index contributed by atoms with van der Waals surface area (Å²) in [6.45, 7) is 0.220. The number of carbonyl (C=O) groups excluding carboxylic acids is 1. The van der Waals surface area contributed by atoms with Crippen LogP contribution in [0.4, 0.5) is 5.69 Å². The van der Waals surface area contributed by atoms with Crippen molar-refractivity contribution in [2.45, 2.75) is 6.61 Å². The van der Waals surface area contributed by atoms with Gasteiger partial charge >= 0.3 is 0 Å². The summed E-state index contributed by atoms with van der Waals surface area (Å²) in [6.07, 6.45) is 1.47. The van der Waals surface area contributed by atoms with Crippen LogP contribution in [0.2, 0.25) is 0 Å². The van der Waals surface area contributed by atoms with Crippen molar-refractivity contribution >= 4 is 17.8 Å². The van der Waals surface area contributed by atoms with Crippen molar-refractivity contribution in [2.75, 3.05) is 14.2 Å². The monoisotopic (exact) mass is 435 g/mol. The lowest BCUT2D eigenvalue weighted by Gasteiger charge is -2.10. The molecule has 0 atom stereocenters. The van der Waals surface area contributed by atoms with E-state index < -0.39 is 10.8 Å². The Hall–Kier alpha value is -4.40. The average molecular weight is 435 g/mol. The molecule has 1 N–H and O–H groups in total. The SMILES string of the molecule is COc1ccc(C(=O)N/N=C\c2ccccc2OCc2ccc([N+](=O)[O-])cc2)c(OC)c1. The van der Waals surface area contributed by atoms with Crippen LogP contribution in [0.25, 0.3) is 0 Å². The molecule has 0 saturated carbocycles. The molecule has 0 aliphatic carbocycles. The number of nitrogens with zero attached hydrogens (tertiary/aromatic N) is 2. The van der Waals surface area contributed by atoms with Crippen LogP contribution in [0.5, 0.6) is 17.2 Å². The lowest BCUT2D eigenvalue weighted by Crippen LogP contribution is -2.18. The summed E-state index contributed by atoms with van der Waals surface area (Å²) in [6, 6.07) is 18.2. The first kappa shape index (κ1) is 22.3. The zero-order chi connectivity index (χ0) is 22.9. The maximum atomic E-state index is 12.5. The van der Waals surface area contributed by atoms with E-state index in [1.807, 2.05) is 12.1 Å². The zero-order valence-corrected chi connectivity index (χ0v) is 17.5. The predicted molar refractivity (Wildman–Crippen MR) is 118 cm³/mol. The van der Waals surface area contributed by atoms with E-state index in [1.165, 1.54) is 32.6 Å². The van der Waals surface area contributed by atoms with Gasteiger partial charge in [-0.1, -0.05) is 12.1 Å². The van der Waals surface area contributed by atoms with Crippen LogP contribution >= 0.6 is 0 Å². The second kappa shape index (κ2) is 10.6. The third-order valence-corrected chi connectivity index (χ3v) is 4.48. The van der Waals surface area contributed by atoms with Crippen LogP contribution in [0.1, 0.15) is 21.5 Å². The van der Waals surface area contributed by atoms with Gasteiger partial charge in [0.05, 0.1) is 30.9 Å². The molecule has 32 heavy (non-hydrogen) atoms. The second-order valence-electron chi connectivity index (χ2n) is 6.52. The summed E-state index contributed by atoms with van der Waals surface area (Å²) in [5, 5.41) is 14.8. The van der Waals surface area contributed by atoms with Crippen LogP contribution in [0, 0.1) is 10.1 Å². The van der Waals surface area contributed by atoms with Crippen molar-refractivity contribution in [3.8, 4) is 17.2 Å². The summed E-state index contributed by atoms with van der Waals surface area (Å²) in [4.78, 5) is 22.8. The fraction of sp³-hybridized carbons (Fsp3) is 0.130. The molecular formula is C23H21N3O6. The number of hydrogen-bond donors (Lipinski definition) is 1. The molecule has 0 fully saturated rings. The molecule has 0 aliphatic rings. The van der Waals surface area contributed by atoms with Gasteiger partial charge in [0.25, 0.3) is 11.6 Å². The van der Waals surface area contributed by atoms with E-state index in [0.29, 0.717) is 28.4 Å². The van der Waals surface area contributed by atoms with Crippen LogP contribution in [0.15, 0.2) is 71.8 Å². The van der Waals surface area contributed by atoms with E-state index in [0.717, 1.165) is 5.56 Å². The quantitative estimate of drug-likeness (QED) is 0.309. The van der Waals surface area contributed by atoms with Crippen molar-refractivity contribution in [2.24, 2.45) is 5.10 Å². The van der Waals surface area contributed by atoms with Crippen molar-refractivity contribution in [1.82, 2.24) is 5.43 Å².